The lowest BCUT2D eigenvalue weighted by Gasteiger charge is -2.11. The third-order valence-electron chi connectivity index (χ3n) is 4.55. The summed E-state index contributed by atoms with van der Waals surface area (Å²) in [7, 11) is 3.36. The Labute approximate surface area is 179 Å². The van der Waals surface area contributed by atoms with Crippen molar-refractivity contribution in [3.8, 4) is 11.5 Å². The molecule has 0 aliphatic rings. The molecule has 1 heterocycles. The van der Waals surface area contributed by atoms with Gasteiger partial charge in [-0.1, -0.05) is 11.6 Å². The van der Waals surface area contributed by atoms with Gasteiger partial charge in [-0.25, -0.2) is 9.37 Å². The summed E-state index contributed by atoms with van der Waals surface area (Å²) in [5, 5.41) is 3.23. The summed E-state index contributed by atoms with van der Waals surface area (Å²) >= 11 is 6.24. The van der Waals surface area contributed by atoms with Crippen molar-refractivity contribution in [2.24, 2.45) is 7.05 Å². The van der Waals surface area contributed by atoms with Gasteiger partial charge in [0.05, 0.1) is 29.8 Å². The standard InChI is InChI=1S/C22H23ClFN3O3/c1-4-30-22-16(23)11-14(12-19(22)29-3)5-8-21(28)25-10-9-20-26-17-7-6-15(24)13-18(17)27(20)2/h5-8,11-13H,4,9-10H2,1-3H3,(H,25,28). The maximum atomic E-state index is 13.4. The Hall–Kier alpha value is -3.06. The SMILES string of the molecule is CCOc1c(Cl)cc(C=CC(=O)NCCc2nc3ccc(F)cc3n2C)cc1OC. The van der Waals surface area contributed by atoms with Crippen LogP contribution >= 0.6 is 11.6 Å². The molecule has 0 saturated heterocycles. The van der Waals surface area contributed by atoms with Crippen LogP contribution in [-0.4, -0.2) is 35.7 Å². The van der Waals surface area contributed by atoms with Crippen LogP contribution in [0, 0.1) is 5.82 Å². The average molecular weight is 432 g/mol. The molecule has 30 heavy (non-hydrogen) atoms. The van der Waals surface area contributed by atoms with Gasteiger partial charge >= 0.3 is 0 Å². The molecule has 158 valence electrons. The van der Waals surface area contributed by atoms with E-state index in [2.05, 4.69) is 10.3 Å². The van der Waals surface area contributed by atoms with Crippen LogP contribution in [0.15, 0.2) is 36.4 Å². The molecule has 1 N–H and O–H groups in total. The first-order valence-corrected chi connectivity index (χ1v) is 9.87. The van der Waals surface area contributed by atoms with E-state index < -0.39 is 0 Å². The van der Waals surface area contributed by atoms with E-state index in [0.29, 0.717) is 41.7 Å². The van der Waals surface area contributed by atoms with Crippen LogP contribution in [0.1, 0.15) is 18.3 Å². The highest BCUT2D eigenvalue weighted by Crippen LogP contribution is 2.36. The third-order valence-corrected chi connectivity index (χ3v) is 4.83. The minimum Gasteiger partial charge on any atom is -0.493 e. The van der Waals surface area contributed by atoms with Gasteiger partial charge in [-0.2, -0.15) is 0 Å². The lowest BCUT2D eigenvalue weighted by Crippen LogP contribution is -2.24. The minimum absolute atomic E-state index is 0.246. The quantitative estimate of drug-likeness (QED) is 0.544. The van der Waals surface area contributed by atoms with E-state index in [0.717, 1.165) is 16.9 Å². The van der Waals surface area contributed by atoms with Gasteiger partial charge in [-0.05, 0) is 48.9 Å². The van der Waals surface area contributed by atoms with Crippen LogP contribution in [0.5, 0.6) is 11.5 Å². The maximum Gasteiger partial charge on any atom is 0.244 e. The molecule has 2 aromatic carbocycles. The Bertz CT molecular complexity index is 1090. The summed E-state index contributed by atoms with van der Waals surface area (Å²) in [5.41, 5.74) is 2.16. The van der Waals surface area contributed by atoms with E-state index in [4.69, 9.17) is 21.1 Å². The van der Waals surface area contributed by atoms with E-state index in [1.807, 2.05) is 18.5 Å². The van der Waals surface area contributed by atoms with E-state index in [9.17, 15) is 9.18 Å². The second-order valence-corrected chi connectivity index (χ2v) is 6.97. The molecule has 0 saturated carbocycles. The number of nitrogens with one attached hydrogen (secondary N) is 1. The Morgan fingerprint density at radius 3 is 2.87 bits per heavy atom. The zero-order chi connectivity index (χ0) is 21.7. The number of imidazole rings is 1. The predicted octanol–water partition coefficient (Wildman–Crippen LogP) is 4.15. The summed E-state index contributed by atoms with van der Waals surface area (Å²) in [4.78, 5) is 16.6. The largest absolute Gasteiger partial charge is 0.493 e. The number of nitrogens with zero attached hydrogens (tertiary/aromatic N) is 2. The number of hydrogen-bond donors (Lipinski definition) is 1. The highest BCUT2D eigenvalue weighted by atomic mass is 35.5. The molecule has 3 rings (SSSR count). The molecule has 1 aromatic heterocycles. The summed E-state index contributed by atoms with van der Waals surface area (Å²) in [6.07, 6.45) is 3.60. The fourth-order valence-electron chi connectivity index (χ4n) is 3.09. The minimum atomic E-state index is -0.304. The number of fused-ring (bicyclic) bond motifs is 1. The number of carbonyl (C=O) groups is 1. The first kappa shape index (κ1) is 21.6. The van der Waals surface area contributed by atoms with E-state index in [1.165, 1.54) is 25.3 Å². The number of ether oxygens (including phenoxy) is 2. The number of methoxy groups -OCH3 is 1. The number of benzene rings is 2. The lowest BCUT2D eigenvalue weighted by molar-refractivity contribution is -0.116. The number of aromatic nitrogens is 2. The fourth-order valence-corrected chi connectivity index (χ4v) is 3.36. The van der Waals surface area contributed by atoms with Gasteiger partial charge in [0.1, 0.15) is 11.6 Å². The van der Waals surface area contributed by atoms with Crippen LogP contribution in [0.3, 0.4) is 0 Å². The van der Waals surface area contributed by atoms with E-state index in [-0.39, 0.29) is 11.7 Å². The maximum absolute atomic E-state index is 13.4. The molecule has 0 spiro atoms. The fraction of sp³-hybridized carbons (Fsp3) is 0.273. The van der Waals surface area contributed by atoms with Gasteiger partial charge in [0, 0.05) is 26.1 Å². The van der Waals surface area contributed by atoms with Crippen LogP contribution in [0.25, 0.3) is 17.1 Å². The van der Waals surface area contributed by atoms with Crippen molar-refractivity contribution in [3.05, 3.63) is 58.6 Å². The van der Waals surface area contributed by atoms with Gasteiger partial charge in [0.15, 0.2) is 11.5 Å². The highest BCUT2D eigenvalue weighted by molar-refractivity contribution is 6.32. The molecule has 1 amide bonds. The molecular weight excluding hydrogens is 409 g/mol. The molecule has 3 aromatic rings. The van der Waals surface area contributed by atoms with Crippen molar-refractivity contribution in [2.45, 2.75) is 13.3 Å². The second kappa shape index (κ2) is 9.63. The summed E-state index contributed by atoms with van der Waals surface area (Å²) in [5.74, 6) is 1.20. The molecule has 0 fully saturated rings. The van der Waals surface area contributed by atoms with E-state index in [1.54, 1.807) is 24.3 Å². The van der Waals surface area contributed by atoms with Crippen LogP contribution in [0.2, 0.25) is 5.02 Å². The number of amides is 1. The Morgan fingerprint density at radius 2 is 2.13 bits per heavy atom. The van der Waals surface area contributed by atoms with Gasteiger partial charge in [-0.15, -0.1) is 0 Å². The van der Waals surface area contributed by atoms with Crippen LogP contribution < -0.4 is 14.8 Å². The summed E-state index contributed by atoms with van der Waals surface area (Å²) < 4.78 is 26.0. The molecular formula is C22H23ClFN3O3. The Kier molecular flexibility index (Phi) is 6.95. The van der Waals surface area contributed by atoms with Crippen LogP contribution in [0.4, 0.5) is 4.39 Å². The van der Waals surface area contributed by atoms with Gasteiger partial charge in [0.2, 0.25) is 5.91 Å². The molecule has 6 nitrogen and oxygen atoms in total. The molecule has 0 radical (unpaired) electrons. The number of halogens is 2. The predicted molar refractivity (Wildman–Crippen MR) is 116 cm³/mol. The zero-order valence-corrected chi connectivity index (χ0v) is 17.8. The third kappa shape index (κ3) is 4.91. The van der Waals surface area contributed by atoms with Gasteiger partial charge < -0.3 is 19.4 Å². The smallest absolute Gasteiger partial charge is 0.244 e. The lowest BCUT2D eigenvalue weighted by atomic mass is 10.2. The normalized spacial score (nSPS) is 11.2. The van der Waals surface area contributed by atoms with Crippen molar-refractivity contribution in [1.82, 2.24) is 14.9 Å². The second-order valence-electron chi connectivity index (χ2n) is 6.56. The summed E-state index contributed by atoms with van der Waals surface area (Å²) in [6.45, 7) is 2.73. The molecule has 0 unspecified atom stereocenters. The zero-order valence-electron chi connectivity index (χ0n) is 17.0. The van der Waals surface area contributed by atoms with Crippen molar-refractivity contribution in [2.75, 3.05) is 20.3 Å². The van der Waals surface area contributed by atoms with E-state index >= 15 is 0 Å². The molecule has 0 aliphatic carbocycles. The molecule has 0 bridgehead atoms. The monoisotopic (exact) mass is 431 g/mol. The van der Waals surface area contributed by atoms with Gasteiger partial charge in [0.25, 0.3) is 0 Å². The topological polar surface area (TPSA) is 65.4 Å². The Morgan fingerprint density at radius 1 is 1.33 bits per heavy atom. The van der Waals surface area contributed by atoms with Crippen molar-refractivity contribution in [3.63, 3.8) is 0 Å². The molecule has 8 heteroatoms. The number of carbonyl (C=O) groups excluding carboxylic acids is 1. The average Bonchev–Trinajstić information content (AvgIpc) is 3.03. The number of aryl methyl sites for hydroxylation is 1. The highest BCUT2D eigenvalue weighted by Gasteiger charge is 2.11. The van der Waals surface area contributed by atoms with Crippen molar-refractivity contribution < 1.29 is 18.7 Å². The first-order valence-electron chi connectivity index (χ1n) is 9.50. The molecule has 0 aliphatic heterocycles. The summed E-state index contributed by atoms with van der Waals surface area (Å²) in [6, 6.07) is 7.93. The van der Waals surface area contributed by atoms with Gasteiger partial charge in [-0.3, -0.25) is 4.79 Å². The van der Waals surface area contributed by atoms with Crippen molar-refractivity contribution >= 4 is 34.6 Å². The Balaban J connectivity index is 1.60. The molecule has 0 atom stereocenters. The van der Waals surface area contributed by atoms with Crippen molar-refractivity contribution in [1.29, 1.82) is 0 Å². The number of rotatable bonds is 8. The van der Waals surface area contributed by atoms with Crippen LogP contribution in [-0.2, 0) is 18.3 Å². The number of hydrogen-bond acceptors (Lipinski definition) is 4. The first-order chi connectivity index (χ1) is 14.4.